The number of carbonyl (C=O) groups is 1. The van der Waals surface area contributed by atoms with E-state index in [2.05, 4.69) is 4.98 Å². The number of carbonyl (C=O) groups excluding carboxylic acids is 1. The smallest absolute Gasteiger partial charge is 0.383 e. The Morgan fingerprint density at radius 3 is 2.24 bits per heavy atom. The van der Waals surface area contributed by atoms with Crippen LogP contribution < -0.4 is 21.9 Å². The minimum atomic E-state index is -4.48. The number of H-pyrrole nitrogens is 1. The average molecular weight is 460 g/mol. The van der Waals surface area contributed by atoms with Crippen molar-refractivity contribution < 1.29 is 18.0 Å². The molecule has 3 N–H and O–H groups in total. The van der Waals surface area contributed by atoms with Crippen LogP contribution in [0.25, 0.3) is 0 Å². The second-order valence-corrected chi connectivity index (χ2v) is 7.48. The lowest BCUT2D eigenvalue weighted by Gasteiger charge is -2.24. The van der Waals surface area contributed by atoms with E-state index < -0.39 is 28.9 Å². The van der Waals surface area contributed by atoms with E-state index in [1.807, 2.05) is 6.07 Å². The van der Waals surface area contributed by atoms with Crippen molar-refractivity contribution in [1.82, 2.24) is 9.55 Å². The number of amides is 1. The largest absolute Gasteiger partial charge is 0.416 e. The van der Waals surface area contributed by atoms with Crippen LogP contribution in [0.4, 0.5) is 24.7 Å². The number of anilines is 2. The van der Waals surface area contributed by atoms with Crippen molar-refractivity contribution in [1.29, 1.82) is 0 Å². The second-order valence-electron chi connectivity index (χ2n) is 7.48. The van der Waals surface area contributed by atoms with Gasteiger partial charge < -0.3 is 10.6 Å². The van der Waals surface area contributed by atoms with Gasteiger partial charge in [0.25, 0.3) is 5.56 Å². The molecule has 7 nitrogen and oxygen atoms in total. The number of benzene rings is 2. The van der Waals surface area contributed by atoms with Gasteiger partial charge in [0.15, 0.2) is 5.69 Å². The molecule has 3 aromatic rings. The molecular formula is C23H23F3N4O3. The SMILES string of the molecule is CCCN(C(=O)Cc1ccc(C(F)(F)F)cc1)c1c(N)n(Cc2ccccc2)c(=O)[nH]c1=O. The van der Waals surface area contributed by atoms with Crippen LogP contribution in [-0.4, -0.2) is 22.0 Å². The Kier molecular flexibility index (Phi) is 7.05. The topological polar surface area (TPSA) is 101 Å². The summed E-state index contributed by atoms with van der Waals surface area (Å²) in [7, 11) is 0. The lowest BCUT2D eigenvalue weighted by molar-refractivity contribution is -0.137. The zero-order valence-electron chi connectivity index (χ0n) is 17.9. The molecule has 174 valence electrons. The summed E-state index contributed by atoms with van der Waals surface area (Å²) in [6.45, 7) is 2.02. The molecule has 0 atom stereocenters. The highest BCUT2D eigenvalue weighted by atomic mass is 19.4. The molecule has 0 fully saturated rings. The van der Waals surface area contributed by atoms with E-state index in [4.69, 9.17) is 5.73 Å². The number of nitrogens with zero attached hydrogens (tertiary/aromatic N) is 2. The van der Waals surface area contributed by atoms with Gasteiger partial charge in [0.1, 0.15) is 5.82 Å². The van der Waals surface area contributed by atoms with Crippen LogP contribution in [-0.2, 0) is 23.9 Å². The predicted octanol–water partition coefficient (Wildman–Crippen LogP) is 3.17. The highest BCUT2D eigenvalue weighted by Gasteiger charge is 2.30. The molecule has 0 aliphatic carbocycles. The average Bonchev–Trinajstić information content (AvgIpc) is 2.76. The summed E-state index contributed by atoms with van der Waals surface area (Å²) < 4.78 is 39.5. The van der Waals surface area contributed by atoms with Crippen molar-refractivity contribution in [3.63, 3.8) is 0 Å². The number of nitrogen functional groups attached to an aromatic ring is 1. The molecule has 1 aromatic heterocycles. The van der Waals surface area contributed by atoms with Gasteiger partial charge in [-0.3, -0.25) is 19.1 Å². The van der Waals surface area contributed by atoms with Gasteiger partial charge in [0.05, 0.1) is 18.5 Å². The van der Waals surface area contributed by atoms with Gasteiger partial charge >= 0.3 is 11.9 Å². The highest BCUT2D eigenvalue weighted by molar-refractivity contribution is 5.96. The lowest BCUT2D eigenvalue weighted by atomic mass is 10.1. The monoisotopic (exact) mass is 460 g/mol. The molecule has 0 bridgehead atoms. The summed E-state index contributed by atoms with van der Waals surface area (Å²) in [4.78, 5) is 41.5. The molecule has 0 spiro atoms. The fraction of sp³-hybridized carbons (Fsp3) is 0.261. The highest BCUT2D eigenvalue weighted by Crippen LogP contribution is 2.29. The Hall–Kier alpha value is -3.82. The zero-order valence-corrected chi connectivity index (χ0v) is 17.9. The van der Waals surface area contributed by atoms with Crippen LogP contribution in [0.5, 0.6) is 0 Å². The third-order valence-electron chi connectivity index (χ3n) is 5.05. The minimum absolute atomic E-state index is 0.0857. The molecule has 1 heterocycles. The number of nitrogens with two attached hydrogens (primary N) is 1. The van der Waals surface area contributed by atoms with Crippen LogP contribution in [0.2, 0.25) is 0 Å². The van der Waals surface area contributed by atoms with Gasteiger partial charge in [-0.25, -0.2) is 4.79 Å². The molecule has 10 heteroatoms. The minimum Gasteiger partial charge on any atom is -0.383 e. The second kappa shape index (κ2) is 9.76. The van der Waals surface area contributed by atoms with Crippen LogP contribution in [0.1, 0.15) is 30.0 Å². The Labute approximate surface area is 187 Å². The Morgan fingerprint density at radius 2 is 1.67 bits per heavy atom. The van der Waals surface area contributed by atoms with Crippen molar-refractivity contribution >= 4 is 17.4 Å². The fourth-order valence-corrected chi connectivity index (χ4v) is 3.43. The molecular weight excluding hydrogens is 437 g/mol. The predicted molar refractivity (Wildman–Crippen MR) is 119 cm³/mol. The first-order valence-corrected chi connectivity index (χ1v) is 10.2. The van der Waals surface area contributed by atoms with Gasteiger partial charge in [-0.15, -0.1) is 0 Å². The number of hydrogen-bond acceptors (Lipinski definition) is 4. The first-order valence-electron chi connectivity index (χ1n) is 10.2. The summed E-state index contributed by atoms with van der Waals surface area (Å²) >= 11 is 0. The van der Waals surface area contributed by atoms with E-state index in [1.54, 1.807) is 31.2 Å². The first kappa shape index (κ1) is 23.8. The van der Waals surface area contributed by atoms with Crippen molar-refractivity contribution in [3.05, 3.63) is 92.1 Å². The first-order chi connectivity index (χ1) is 15.6. The summed E-state index contributed by atoms with van der Waals surface area (Å²) in [6, 6.07) is 13.2. The van der Waals surface area contributed by atoms with Gasteiger partial charge in [-0.2, -0.15) is 13.2 Å². The van der Waals surface area contributed by atoms with E-state index in [1.165, 1.54) is 21.6 Å². The summed E-state index contributed by atoms with van der Waals surface area (Å²) in [5.74, 6) is -0.694. The van der Waals surface area contributed by atoms with Crippen LogP contribution in [0, 0.1) is 0 Å². The number of hydrogen-bond donors (Lipinski definition) is 2. The van der Waals surface area contributed by atoms with E-state index in [0.29, 0.717) is 12.0 Å². The number of aromatic amines is 1. The van der Waals surface area contributed by atoms with Crippen molar-refractivity contribution in [2.45, 2.75) is 32.5 Å². The number of aromatic nitrogens is 2. The molecule has 3 rings (SSSR count). The summed E-state index contributed by atoms with van der Waals surface area (Å²) in [5.41, 5.74) is 4.80. The molecule has 1 amide bonds. The summed E-state index contributed by atoms with van der Waals surface area (Å²) in [5, 5.41) is 0. The maximum Gasteiger partial charge on any atom is 0.416 e. The van der Waals surface area contributed by atoms with Crippen LogP contribution in [0.3, 0.4) is 0 Å². The van der Waals surface area contributed by atoms with Crippen molar-refractivity contribution in [2.75, 3.05) is 17.2 Å². The van der Waals surface area contributed by atoms with Crippen molar-refractivity contribution in [3.8, 4) is 0 Å². The standard InChI is InChI=1S/C23H23F3N4O3/c1-2-12-29(18(31)13-15-8-10-17(11-9-15)23(24,25)26)19-20(27)30(22(33)28-21(19)32)14-16-6-4-3-5-7-16/h3-11H,2,12-14,27H2,1H3,(H,28,32,33). The van der Waals surface area contributed by atoms with E-state index >= 15 is 0 Å². The van der Waals surface area contributed by atoms with Gasteiger partial charge in [0.2, 0.25) is 5.91 Å². The Balaban J connectivity index is 1.95. The van der Waals surface area contributed by atoms with Gasteiger partial charge in [-0.05, 0) is 29.7 Å². The van der Waals surface area contributed by atoms with E-state index in [9.17, 15) is 27.6 Å². The number of alkyl halides is 3. The summed E-state index contributed by atoms with van der Waals surface area (Å²) in [6.07, 6.45) is -4.24. The number of nitrogens with one attached hydrogen (secondary N) is 1. The van der Waals surface area contributed by atoms with E-state index in [-0.39, 0.29) is 31.0 Å². The van der Waals surface area contributed by atoms with Crippen LogP contribution >= 0.6 is 0 Å². The molecule has 2 aromatic carbocycles. The molecule has 0 aliphatic heterocycles. The van der Waals surface area contributed by atoms with Gasteiger partial charge in [0, 0.05) is 6.54 Å². The maximum atomic E-state index is 13.1. The third-order valence-corrected chi connectivity index (χ3v) is 5.05. The fourth-order valence-electron chi connectivity index (χ4n) is 3.43. The van der Waals surface area contributed by atoms with E-state index in [0.717, 1.165) is 17.7 Å². The third kappa shape index (κ3) is 5.51. The van der Waals surface area contributed by atoms with Crippen LogP contribution in [0.15, 0.2) is 64.2 Å². The number of rotatable bonds is 7. The Morgan fingerprint density at radius 1 is 1.03 bits per heavy atom. The molecule has 33 heavy (non-hydrogen) atoms. The Bertz CT molecular complexity index is 1230. The molecule has 0 saturated heterocycles. The van der Waals surface area contributed by atoms with Gasteiger partial charge in [-0.1, -0.05) is 49.4 Å². The number of halogens is 3. The molecule has 0 aliphatic rings. The zero-order chi connectivity index (χ0) is 24.2. The lowest BCUT2D eigenvalue weighted by Crippen LogP contribution is -2.42. The quantitative estimate of drug-likeness (QED) is 0.566. The maximum absolute atomic E-state index is 13.1. The molecule has 0 unspecified atom stereocenters. The normalized spacial score (nSPS) is 11.4. The molecule has 0 radical (unpaired) electrons. The molecule has 0 saturated carbocycles. The van der Waals surface area contributed by atoms with Crippen molar-refractivity contribution in [2.24, 2.45) is 0 Å².